The van der Waals surface area contributed by atoms with E-state index in [1.54, 1.807) is 43.4 Å². The number of nitrogens with one attached hydrogen (secondary N) is 1. The number of aromatic carboxylic acids is 1. The van der Waals surface area contributed by atoms with Crippen LogP contribution in [0.15, 0.2) is 72.8 Å². The molecule has 31 heavy (non-hydrogen) atoms. The van der Waals surface area contributed by atoms with Crippen molar-refractivity contribution in [2.24, 2.45) is 0 Å². The number of rotatable bonds is 7. The standard InChI is InChI=1S/C23H19FN2O5/c1-26(22(28)15-6-8-16(24)9-7-15)17-10-12-18(13-11-17)31-14-21(27)25-20-5-3-2-4-19(20)23(29)30/h2-13H,14H2,1H3,(H,25,27)(H,29,30). The zero-order chi connectivity index (χ0) is 22.4. The molecule has 2 amide bonds. The van der Waals surface area contributed by atoms with Crippen LogP contribution in [-0.4, -0.2) is 36.5 Å². The fourth-order valence-electron chi connectivity index (χ4n) is 2.78. The number of halogens is 1. The van der Waals surface area contributed by atoms with Crippen molar-refractivity contribution in [3.63, 3.8) is 0 Å². The summed E-state index contributed by atoms with van der Waals surface area (Å²) in [5, 5.41) is 11.7. The highest BCUT2D eigenvalue weighted by atomic mass is 19.1. The molecule has 2 N–H and O–H groups in total. The highest BCUT2D eigenvalue weighted by Gasteiger charge is 2.14. The number of nitrogens with zero attached hydrogens (tertiary/aromatic N) is 1. The lowest BCUT2D eigenvalue weighted by atomic mass is 10.2. The first kappa shape index (κ1) is 21.5. The summed E-state index contributed by atoms with van der Waals surface area (Å²) in [6, 6.07) is 17.8. The fourth-order valence-corrected chi connectivity index (χ4v) is 2.78. The molecule has 0 atom stereocenters. The van der Waals surface area contributed by atoms with E-state index in [1.165, 1.54) is 41.3 Å². The molecule has 0 unspecified atom stereocenters. The first-order valence-corrected chi connectivity index (χ1v) is 9.24. The molecular formula is C23H19FN2O5. The van der Waals surface area contributed by atoms with E-state index in [4.69, 9.17) is 9.84 Å². The van der Waals surface area contributed by atoms with Gasteiger partial charge in [0.2, 0.25) is 0 Å². The van der Waals surface area contributed by atoms with Gasteiger partial charge in [-0.05, 0) is 60.7 Å². The number of carbonyl (C=O) groups excluding carboxylic acids is 2. The van der Waals surface area contributed by atoms with Gasteiger partial charge in [-0.3, -0.25) is 9.59 Å². The first-order chi connectivity index (χ1) is 14.8. The lowest BCUT2D eigenvalue weighted by Gasteiger charge is -2.18. The second kappa shape index (κ2) is 9.53. The summed E-state index contributed by atoms with van der Waals surface area (Å²) in [4.78, 5) is 37.2. The van der Waals surface area contributed by atoms with Crippen LogP contribution in [0.4, 0.5) is 15.8 Å². The first-order valence-electron chi connectivity index (χ1n) is 9.24. The van der Waals surface area contributed by atoms with Crippen molar-refractivity contribution < 1.29 is 28.6 Å². The molecule has 0 aliphatic rings. The van der Waals surface area contributed by atoms with E-state index in [0.717, 1.165) is 0 Å². The molecule has 0 heterocycles. The van der Waals surface area contributed by atoms with E-state index < -0.39 is 17.7 Å². The maximum Gasteiger partial charge on any atom is 0.337 e. The number of benzene rings is 3. The van der Waals surface area contributed by atoms with Crippen molar-refractivity contribution >= 4 is 29.2 Å². The average Bonchev–Trinajstić information content (AvgIpc) is 2.78. The highest BCUT2D eigenvalue weighted by molar-refractivity contribution is 6.05. The lowest BCUT2D eigenvalue weighted by molar-refractivity contribution is -0.118. The molecule has 0 saturated carbocycles. The maximum atomic E-state index is 13.0. The summed E-state index contributed by atoms with van der Waals surface area (Å²) in [5.74, 6) is -1.98. The summed E-state index contributed by atoms with van der Waals surface area (Å²) in [5.41, 5.74) is 1.10. The number of anilines is 2. The van der Waals surface area contributed by atoms with Gasteiger partial charge in [0.15, 0.2) is 6.61 Å². The van der Waals surface area contributed by atoms with Gasteiger partial charge in [0.1, 0.15) is 11.6 Å². The Morgan fingerprint density at radius 3 is 2.26 bits per heavy atom. The zero-order valence-electron chi connectivity index (χ0n) is 16.5. The number of amides is 2. The van der Waals surface area contributed by atoms with Gasteiger partial charge in [-0.25, -0.2) is 9.18 Å². The molecule has 3 aromatic carbocycles. The predicted octanol–water partition coefficient (Wildman–Crippen LogP) is 3.82. The molecule has 0 aliphatic heterocycles. The van der Waals surface area contributed by atoms with Gasteiger partial charge >= 0.3 is 5.97 Å². The molecule has 0 saturated heterocycles. The zero-order valence-corrected chi connectivity index (χ0v) is 16.5. The summed E-state index contributed by atoms with van der Waals surface area (Å²) in [7, 11) is 1.59. The highest BCUT2D eigenvalue weighted by Crippen LogP contribution is 2.21. The third-order valence-electron chi connectivity index (χ3n) is 4.42. The minimum absolute atomic E-state index is 0.0194. The van der Waals surface area contributed by atoms with Crippen LogP contribution in [0.1, 0.15) is 20.7 Å². The number of para-hydroxylation sites is 1. The smallest absolute Gasteiger partial charge is 0.337 e. The van der Waals surface area contributed by atoms with E-state index in [-0.39, 0.29) is 23.8 Å². The van der Waals surface area contributed by atoms with Crippen LogP contribution in [0.2, 0.25) is 0 Å². The summed E-state index contributed by atoms with van der Waals surface area (Å²) in [6.45, 7) is -0.322. The molecular weight excluding hydrogens is 403 g/mol. The molecule has 3 aromatic rings. The Morgan fingerprint density at radius 2 is 1.61 bits per heavy atom. The lowest BCUT2D eigenvalue weighted by Crippen LogP contribution is -2.26. The average molecular weight is 422 g/mol. The van der Waals surface area contributed by atoms with Crippen molar-refractivity contribution in [1.82, 2.24) is 0 Å². The van der Waals surface area contributed by atoms with Crippen molar-refractivity contribution in [1.29, 1.82) is 0 Å². The van der Waals surface area contributed by atoms with E-state index in [1.807, 2.05) is 0 Å². The quantitative estimate of drug-likeness (QED) is 0.604. The van der Waals surface area contributed by atoms with Crippen molar-refractivity contribution in [3.8, 4) is 5.75 Å². The molecule has 0 aromatic heterocycles. The monoisotopic (exact) mass is 422 g/mol. The van der Waals surface area contributed by atoms with Crippen LogP contribution in [-0.2, 0) is 4.79 Å². The topological polar surface area (TPSA) is 95.9 Å². The minimum atomic E-state index is -1.15. The van der Waals surface area contributed by atoms with E-state index in [0.29, 0.717) is 17.0 Å². The van der Waals surface area contributed by atoms with Gasteiger partial charge in [0.25, 0.3) is 11.8 Å². The number of carbonyl (C=O) groups is 3. The Labute approximate surface area is 177 Å². The molecule has 0 radical (unpaired) electrons. The second-order valence-corrected chi connectivity index (χ2v) is 6.55. The van der Waals surface area contributed by atoms with Gasteiger partial charge in [0.05, 0.1) is 11.3 Å². The minimum Gasteiger partial charge on any atom is -0.484 e. The van der Waals surface area contributed by atoms with Gasteiger partial charge in [-0.15, -0.1) is 0 Å². The molecule has 0 spiro atoms. The second-order valence-electron chi connectivity index (χ2n) is 6.55. The predicted molar refractivity (Wildman–Crippen MR) is 113 cm³/mol. The Morgan fingerprint density at radius 1 is 0.968 bits per heavy atom. The van der Waals surface area contributed by atoms with E-state index in [2.05, 4.69) is 5.32 Å². The number of carboxylic acids is 1. The Bertz CT molecular complexity index is 1100. The molecule has 3 rings (SSSR count). The van der Waals surface area contributed by atoms with Crippen LogP contribution >= 0.6 is 0 Å². The van der Waals surface area contributed by atoms with Gasteiger partial charge < -0.3 is 20.1 Å². The molecule has 0 bridgehead atoms. The summed E-state index contributed by atoms with van der Waals surface area (Å²) in [6.07, 6.45) is 0. The van der Waals surface area contributed by atoms with Crippen molar-refractivity contribution in [2.75, 3.05) is 23.9 Å². The van der Waals surface area contributed by atoms with Crippen LogP contribution in [0, 0.1) is 5.82 Å². The normalized spacial score (nSPS) is 10.3. The molecule has 0 fully saturated rings. The van der Waals surface area contributed by atoms with Gasteiger partial charge in [-0.2, -0.15) is 0 Å². The maximum absolute atomic E-state index is 13.0. The van der Waals surface area contributed by atoms with Gasteiger partial charge in [0, 0.05) is 18.3 Å². The van der Waals surface area contributed by atoms with Crippen LogP contribution in [0.5, 0.6) is 5.75 Å². The SMILES string of the molecule is CN(C(=O)c1ccc(F)cc1)c1ccc(OCC(=O)Nc2ccccc2C(=O)O)cc1. The molecule has 7 nitrogen and oxygen atoms in total. The number of carboxylic acid groups (broad SMARTS) is 1. The summed E-state index contributed by atoms with van der Waals surface area (Å²) >= 11 is 0. The van der Waals surface area contributed by atoms with E-state index in [9.17, 15) is 18.8 Å². The molecule has 0 aliphatic carbocycles. The fraction of sp³-hybridized carbons (Fsp3) is 0.0870. The Hall–Kier alpha value is -4.20. The van der Waals surface area contributed by atoms with Crippen molar-refractivity contribution in [2.45, 2.75) is 0 Å². The van der Waals surface area contributed by atoms with Crippen molar-refractivity contribution in [3.05, 3.63) is 89.7 Å². The number of hydrogen-bond donors (Lipinski definition) is 2. The third-order valence-corrected chi connectivity index (χ3v) is 4.42. The Kier molecular flexibility index (Phi) is 6.61. The van der Waals surface area contributed by atoms with Crippen LogP contribution in [0.25, 0.3) is 0 Å². The number of ether oxygens (including phenoxy) is 1. The summed E-state index contributed by atoms with van der Waals surface area (Å²) < 4.78 is 18.5. The number of hydrogen-bond acceptors (Lipinski definition) is 4. The molecule has 8 heteroatoms. The Balaban J connectivity index is 1.58. The largest absolute Gasteiger partial charge is 0.484 e. The van der Waals surface area contributed by atoms with Gasteiger partial charge in [-0.1, -0.05) is 12.1 Å². The van der Waals surface area contributed by atoms with Crippen LogP contribution < -0.4 is 15.0 Å². The van der Waals surface area contributed by atoms with Crippen LogP contribution in [0.3, 0.4) is 0 Å². The third kappa shape index (κ3) is 5.45. The molecule has 158 valence electrons. The van der Waals surface area contributed by atoms with E-state index >= 15 is 0 Å².